The van der Waals surface area contributed by atoms with E-state index in [-0.39, 0.29) is 0 Å². The molecule has 3 rings (SSSR count). The third kappa shape index (κ3) is 2.67. The molecule has 4 nitrogen and oxygen atoms in total. The topological polar surface area (TPSA) is 33.4 Å². The predicted molar refractivity (Wildman–Crippen MR) is 81.1 cm³/mol. The summed E-state index contributed by atoms with van der Waals surface area (Å²) in [5.74, 6) is 1.74. The van der Waals surface area contributed by atoms with Crippen molar-refractivity contribution in [3.05, 3.63) is 29.2 Å². The summed E-state index contributed by atoms with van der Waals surface area (Å²) >= 11 is 6.14. The van der Waals surface area contributed by atoms with Crippen LogP contribution < -0.4 is 0 Å². The molecular formula is C15H21ClN4. The number of aromatic nitrogens is 3. The molecule has 2 aromatic heterocycles. The van der Waals surface area contributed by atoms with Crippen LogP contribution in [0.2, 0.25) is 5.02 Å². The van der Waals surface area contributed by atoms with E-state index in [0.29, 0.717) is 17.0 Å². The molecule has 108 valence electrons. The Bertz CT molecular complexity index is 585. The van der Waals surface area contributed by atoms with Gasteiger partial charge in [-0.3, -0.25) is 4.40 Å². The lowest BCUT2D eigenvalue weighted by atomic mass is 9.92. The second-order valence-corrected chi connectivity index (χ2v) is 6.35. The number of fused-ring (bicyclic) bond motifs is 1. The zero-order valence-corrected chi connectivity index (χ0v) is 12.8. The molecule has 1 aliphatic heterocycles. The summed E-state index contributed by atoms with van der Waals surface area (Å²) in [4.78, 5) is 2.55. The molecule has 0 saturated carbocycles. The van der Waals surface area contributed by atoms with Crippen molar-refractivity contribution in [1.82, 2.24) is 19.5 Å². The summed E-state index contributed by atoms with van der Waals surface area (Å²) in [6.07, 6.45) is 5.48. The normalized spacial score (nSPS) is 18.2. The zero-order chi connectivity index (χ0) is 14.1. The Kier molecular flexibility index (Phi) is 3.94. The van der Waals surface area contributed by atoms with Gasteiger partial charge in [0.2, 0.25) is 0 Å². The van der Waals surface area contributed by atoms with Gasteiger partial charge in [0.05, 0.1) is 5.02 Å². The van der Waals surface area contributed by atoms with Crippen LogP contribution in [-0.4, -0.2) is 38.6 Å². The summed E-state index contributed by atoms with van der Waals surface area (Å²) < 4.78 is 2.02. The van der Waals surface area contributed by atoms with Gasteiger partial charge in [0.1, 0.15) is 5.82 Å². The van der Waals surface area contributed by atoms with Crippen molar-refractivity contribution in [2.75, 3.05) is 13.1 Å². The first-order valence-electron chi connectivity index (χ1n) is 7.37. The van der Waals surface area contributed by atoms with E-state index in [1.165, 1.54) is 25.9 Å². The van der Waals surface area contributed by atoms with Gasteiger partial charge in [-0.05, 0) is 57.8 Å². The molecule has 1 aliphatic rings. The number of hydrogen-bond donors (Lipinski definition) is 0. The third-order valence-electron chi connectivity index (χ3n) is 4.31. The van der Waals surface area contributed by atoms with Crippen LogP contribution in [0.25, 0.3) is 5.65 Å². The molecule has 0 radical (unpaired) electrons. The largest absolute Gasteiger partial charge is 0.301 e. The van der Waals surface area contributed by atoms with Crippen LogP contribution in [0.4, 0.5) is 0 Å². The summed E-state index contributed by atoms with van der Waals surface area (Å²) in [6.45, 7) is 6.93. The van der Waals surface area contributed by atoms with E-state index in [1.807, 2.05) is 22.7 Å². The lowest BCUT2D eigenvalue weighted by Crippen LogP contribution is -2.38. The SMILES string of the molecule is CC(C)N1CCC(Cc2nnc3c(Cl)cccn23)CC1. The highest BCUT2D eigenvalue weighted by atomic mass is 35.5. The van der Waals surface area contributed by atoms with E-state index in [9.17, 15) is 0 Å². The first-order chi connectivity index (χ1) is 9.65. The number of likely N-dealkylation sites (tertiary alicyclic amines) is 1. The van der Waals surface area contributed by atoms with Crippen LogP contribution in [0.5, 0.6) is 0 Å². The number of pyridine rings is 1. The molecule has 2 aromatic rings. The van der Waals surface area contributed by atoms with E-state index in [4.69, 9.17) is 11.6 Å². The minimum atomic E-state index is 0.656. The van der Waals surface area contributed by atoms with E-state index in [0.717, 1.165) is 17.9 Å². The molecule has 0 aromatic carbocycles. The van der Waals surface area contributed by atoms with Crippen LogP contribution in [0.15, 0.2) is 18.3 Å². The zero-order valence-electron chi connectivity index (χ0n) is 12.1. The van der Waals surface area contributed by atoms with Crippen LogP contribution >= 0.6 is 11.6 Å². The number of hydrogen-bond acceptors (Lipinski definition) is 3. The maximum atomic E-state index is 6.14. The Balaban J connectivity index is 1.70. The minimum Gasteiger partial charge on any atom is -0.301 e. The molecule has 1 fully saturated rings. The maximum Gasteiger partial charge on any atom is 0.179 e. The molecule has 0 amide bonds. The van der Waals surface area contributed by atoms with Crippen molar-refractivity contribution in [3.8, 4) is 0 Å². The monoisotopic (exact) mass is 292 g/mol. The van der Waals surface area contributed by atoms with E-state index < -0.39 is 0 Å². The van der Waals surface area contributed by atoms with E-state index >= 15 is 0 Å². The Morgan fingerprint density at radius 3 is 2.75 bits per heavy atom. The Hall–Kier alpha value is -1.13. The Morgan fingerprint density at radius 1 is 1.30 bits per heavy atom. The molecule has 0 aliphatic carbocycles. The summed E-state index contributed by atoms with van der Waals surface area (Å²) in [5, 5.41) is 9.18. The first kappa shape index (κ1) is 13.8. The highest BCUT2D eigenvalue weighted by molar-refractivity contribution is 6.33. The van der Waals surface area contributed by atoms with Crippen molar-refractivity contribution in [3.63, 3.8) is 0 Å². The van der Waals surface area contributed by atoms with Gasteiger partial charge in [-0.2, -0.15) is 0 Å². The summed E-state index contributed by atoms with van der Waals surface area (Å²) in [7, 11) is 0. The molecular weight excluding hydrogens is 272 g/mol. The van der Waals surface area contributed by atoms with Crippen molar-refractivity contribution >= 4 is 17.2 Å². The minimum absolute atomic E-state index is 0.656. The van der Waals surface area contributed by atoms with E-state index in [2.05, 4.69) is 28.9 Å². The van der Waals surface area contributed by atoms with Crippen molar-refractivity contribution in [2.24, 2.45) is 5.92 Å². The van der Waals surface area contributed by atoms with Gasteiger partial charge in [-0.25, -0.2) is 0 Å². The Labute approximate surface area is 124 Å². The van der Waals surface area contributed by atoms with Crippen molar-refractivity contribution in [1.29, 1.82) is 0 Å². The molecule has 0 bridgehead atoms. The molecule has 0 N–H and O–H groups in total. The highest BCUT2D eigenvalue weighted by Gasteiger charge is 2.22. The molecule has 5 heteroatoms. The highest BCUT2D eigenvalue weighted by Crippen LogP contribution is 2.23. The maximum absolute atomic E-state index is 6.14. The fraction of sp³-hybridized carbons (Fsp3) is 0.600. The average molecular weight is 293 g/mol. The first-order valence-corrected chi connectivity index (χ1v) is 7.75. The van der Waals surface area contributed by atoms with Crippen LogP contribution in [0.1, 0.15) is 32.5 Å². The fourth-order valence-electron chi connectivity index (χ4n) is 3.00. The lowest BCUT2D eigenvalue weighted by molar-refractivity contribution is 0.148. The van der Waals surface area contributed by atoms with Gasteiger partial charge >= 0.3 is 0 Å². The number of nitrogens with zero attached hydrogens (tertiary/aromatic N) is 4. The average Bonchev–Trinajstić information content (AvgIpc) is 2.84. The smallest absolute Gasteiger partial charge is 0.179 e. The van der Waals surface area contributed by atoms with Gasteiger partial charge in [0.15, 0.2) is 5.65 Å². The number of piperidine rings is 1. The van der Waals surface area contributed by atoms with Gasteiger partial charge in [0, 0.05) is 18.7 Å². The van der Waals surface area contributed by atoms with Gasteiger partial charge < -0.3 is 4.90 Å². The molecule has 0 spiro atoms. The van der Waals surface area contributed by atoms with Crippen LogP contribution in [0.3, 0.4) is 0 Å². The Morgan fingerprint density at radius 2 is 2.05 bits per heavy atom. The molecule has 0 atom stereocenters. The number of rotatable bonds is 3. The van der Waals surface area contributed by atoms with Crippen LogP contribution in [-0.2, 0) is 6.42 Å². The van der Waals surface area contributed by atoms with E-state index in [1.54, 1.807) is 0 Å². The van der Waals surface area contributed by atoms with Crippen molar-refractivity contribution < 1.29 is 0 Å². The third-order valence-corrected chi connectivity index (χ3v) is 4.60. The van der Waals surface area contributed by atoms with Crippen molar-refractivity contribution in [2.45, 2.75) is 39.2 Å². The molecule has 20 heavy (non-hydrogen) atoms. The predicted octanol–water partition coefficient (Wildman–Crippen LogP) is 3.05. The second kappa shape index (κ2) is 5.70. The van der Waals surface area contributed by atoms with Crippen LogP contribution in [0, 0.1) is 5.92 Å². The second-order valence-electron chi connectivity index (χ2n) is 5.94. The summed E-state index contributed by atoms with van der Waals surface area (Å²) in [6, 6.07) is 4.46. The molecule has 1 saturated heterocycles. The molecule has 3 heterocycles. The fourth-order valence-corrected chi connectivity index (χ4v) is 3.20. The quantitative estimate of drug-likeness (QED) is 0.872. The summed E-state index contributed by atoms with van der Waals surface area (Å²) in [5.41, 5.74) is 0.767. The molecule has 0 unspecified atom stereocenters. The lowest BCUT2D eigenvalue weighted by Gasteiger charge is -2.34. The standard InChI is InChI=1S/C15H21ClN4/c1-11(2)19-8-5-12(6-9-19)10-14-17-18-15-13(16)4-3-7-20(14)15/h3-4,7,11-12H,5-6,8-10H2,1-2H3. The van der Waals surface area contributed by atoms with Gasteiger partial charge in [0.25, 0.3) is 0 Å². The number of halogens is 1. The van der Waals surface area contributed by atoms with Gasteiger partial charge in [-0.1, -0.05) is 11.6 Å². The van der Waals surface area contributed by atoms with Gasteiger partial charge in [-0.15, -0.1) is 10.2 Å².